The normalized spacial score (nSPS) is 20.3. The molecule has 2 heterocycles. The average molecular weight is 335 g/mol. The predicted molar refractivity (Wildman–Crippen MR) is 88.7 cm³/mol. The van der Waals surface area contributed by atoms with Crippen LogP contribution in [0, 0.1) is 12.3 Å². The topological polar surface area (TPSA) is 67.8 Å². The third-order valence-electron chi connectivity index (χ3n) is 3.46. The zero-order chi connectivity index (χ0) is 16.5. The highest BCUT2D eigenvalue weighted by Crippen LogP contribution is 2.32. The van der Waals surface area contributed by atoms with Crippen molar-refractivity contribution in [3.8, 4) is 12.3 Å². The van der Waals surface area contributed by atoms with Crippen molar-refractivity contribution in [3.05, 3.63) is 34.2 Å². The van der Waals surface area contributed by atoms with Gasteiger partial charge in [0, 0.05) is 18.9 Å². The van der Waals surface area contributed by atoms with Gasteiger partial charge in [-0.1, -0.05) is 5.92 Å². The van der Waals surface area contributed by atoms with E-state index in [0.29, 0.717) is 19.4 Å². The van der Waals surface area contributed by atoms with E-state index in [9.17, 15) is 4.79 Å². The molecule has 0 aromatic carbocycles. The molecule has 0 bridgehead atoms. The number of thiophene rings is 1. The van der Waals surface area contributed by atoms with Crippen molar-refractivity contribution in [2.45, 2.75) is 31.5 Å². The van der Waals surface area contributed by atoms with Gasteiger partial charge in [-0.05, 0) is 41.3 Å². The molecule has 23 heavy (non-hydrogen) atoms. The summed E-state index contributed by atoms with van der Waals surface area (Å²) in [5.74, 6) is 2.36. The number of terminal acetylenes is 1. The predicted octanol–water partition coefficient (Wildman–Crippen LogP) is 2.00. The number of rotatable bonds is 8. The minimum absolute atomic E-state index is 0.0735. The molecule has 0 spiro atoms. The molecule has 0 unspecified atom stereocenters. The number of carbonyl (C=O) groups is 1. The molecule has 1 amide bonds. The number of amides is 1. The van der Waals surface area contributed by atoms with E-state index in [-0.39, 0.29) is 30.7 Å². The fourth-order valence-corrected chi connectivity index (χ4v) is 3.01. The van der Waals surface area contributed by atoms with Crippen molar-refractivity contribution >= 4 is 17.2 Å². The number of carbonyl (C=O) groups excluding carboxylic acids is 1. The van der Waals surface area contributed by atoms with E-state index in [0.717, 1.165) is 12.0 Å². The number of hydrogen-bond donors (Lipinski definition) is 2. The third-order valence-corrected chi connectivity index (χ3v) is 4.16. The fraction of sp³-hybridized carbons (Fsp3) is 0.471. The highest BCUT2D eigenvalue weighted by molar-refractivity contribution is 7.08. The Morgan fingerprint density at radius 1 is 1.57 bits per heavy atom. The summed E-state index contributed by atoms with van der Waals surface area (Å²) >= 11 is 1.62. The van der Waals surface area contributed by atoms with Gasteiger partial charge in [0.05, 0.1) is 13.2 Å². The number of hydrogen-bond acceptors (Lipinski definition) is 5. The largest absolute Gasteiger partial charge is 0.459 e. The van der Waals surface area contributed by atoms with Crippen LogP contribution in [0.2, 0.25) is 0 Å². The Morgan fingerprint density at radius 2 is 2.43 bits per heavy atom. The molecular weight excluding hydrogens is 314 g/mol. The molecule has 1 aromatic heterocycles. The Hall–Kier alpha value is -1.81. The van der Waals surface area contributed by atoms with Crippen molar-refractivity contribution in [3.63, 3.8) is 0 Å². The highest BCUT2D eigenvalue weighted by Gasteiger charge is 2.28. The Labute approximate surface area is 140 Å². The maximum Gasteiger partial charge on any atom is 0.286 e. The van der Waals surface area contributed by atoms with Gasteiger partial charge >= 0.3 is 0 Å². The van der Waals surface area contributed by atoms with Crippen molar-refractivity contribution < 1.29 is 19.4 Å². The van der Waals surface area contributed by atoms with E-state index in [4.69, 9.17) is 21.0 Å². The van der Waals surface area contributed by atoms with E-state index in [1.807, 2.05) is 17.5 Å². The number of aliphatic hydroxyl groups is 1. The molecule has 0 saturated heterocycles. The highest BCUT2D eigenvalue weighted by atomic mass is 32.1. The monoisotopic (exact) mass is 335 g/mol. The number of aliphatic hydroxyl groups excluding tert-OH is 1. The van der Waals surface area contributed by atoms with Gasteiger partial charge in [-0.2, -0.15) is 11.3 Å². The lowest BCUT2D eigenvalue weighted by atomic mass is 9.95. The molecule has 0 fully saturated rings. The summed E-state index contributed by atoms with van der Waals surface area (Å²) in [5.41, 5.74) is 1.14. The molecule has 1 aliphatic rings. The number of ether oxygens (including phenoxy) is 2. The van der Waals surface area contributed by atoms with Crippen molar-refractivity contribution in [1.82, 2.24) is 5.32 Å². The van der Waals surface area contributed by atoms with Crippen molar-refractivity contribution in [1.29, 1.82) is 0 Å². The summed E-state index contributed by atoms with van der Waals surface area (Å²) in [7, 11) is 0. The van der Waals surface area contributed by atoms with Crippen LogP contribution in [0.5, 0.6) is 0 Å². The van der Waals surface area contributed by atoms with Gasteiger partial charge in [-0.15, -0.1) is 6.42 Å². The van der Waals surface area contributed by atoms with Gasteiger partial charge in [0.2, 0.25) is 6.29 Å². The molecule has 0 saturated carbocycles. The van der Waals surface area contributed by atoms with Crippen LogP contribution in [0.15, 0.2) is 28.7 Å². The van der Waals surface area contributed by atoms with Gasteiger partial charge in [0.1, 0.15) is 0 Å². The Morgan fingerprint density at radius 3 is 3.13 bits per heavy atom. The Kier molecular flexibility index (Phi) is 7.14. The molecular formula is C17H21NO4S. The smallest absolute Gasteiger partial charge is 0.286 e. The van der Waals surface area contributed by atoms with Crippen molar-refractivity contribution in [2.75, 3.05) is 19.8 Å². The van der Waals surface area contributed by atoms with Gasteiger partial charge in [-0.3, -0.25) is 4.79 Å². The zero-order valence-corrected chi connectivity index (χ0v) is 13.7. The van der Waals surface area contributed by atoms with E-state index in [1.165, 1.54) is 0 Å². The minimum Gasteiger partial charge on any atom is -0.459 e. The maximum absolute atomic E-state index is 12.1. The maximum atomic E-state index is 12.1. The Bertz CT molecular complexity index is 562. The van der Waals surface area contributed by atoms with E-state index in [1.54, 1.807) is 11.3 Å². The van der Waals surface area contributed by atoms with E-state index < -0.39 is 6.29 Å². The van der Waals surface area contributed by atoms with Crippen LogP contribution in [0.4, 0.5) is 0 Å². The lowest BCUT2D eigenvalue weighted by molar-refractivity contribution is -0.146. The number of allylic oxidation sites excluding steroid dienone is 1. The molecule has 124 valence electrons. The summed E-state index contributed by atoms with van der Waals surface area (Å²) in [4.78, 5) is 12.1. The van der Waals surface area contributed by atoms with Crippen LogP contribution in [-0.4, -0.2) is 37.1 Å². The molecule has 0 aliphatic carbocycles. The van der Waals surface area contributed by atoms with Crippen LogP contribution in [0.3, 0.4) is 0 Å². The van der Waals surface area contributed by atoms with Crippen LogP contribution >= 0.6 is 11.3 Å². The van der Waals surface area contributed by atoms with Crippen molar-refractivity contribution in [2.24, 2.45) is 0 Å². The second kappa shape index (κ2) is 9.36. The SMILES string of the molecule is C#CCNC(=O)C1=C[C@H](c2ccsc2)C[C@H](OCCCCO)O1. The van der Waals surface area contributed by atoms with Gasteiger partial charge in [0.15, 0.2) is 5.76 Å². The van der Waals surface area contributed by atoms with Gasteiger partial charge in [-0.25, -0.2) is 0 Å². The second-order valence-electron chi connectivity index (χ2n) is 5.17. The lowest BCUT2D eigenvalue weighted by Gasteiger charge is -2.28. The molecule has 1 aromatic rings. The van der Waals surface area contributed by atoms with Crippen LogP contribution in [0.1, 0.15) is 30.7 Å². The molecule has 2 atom stereocenters. The molecule has 0 radical (unpaired) electrons. The van der Waals surface area contributed by atoms with E-state index in [2.05, 4.69) is 16.6 Å². The summed E-state index contributed by atoms with van der Waals surface area (Å²) in [6, 6.07) is 2.04. The first kappa shape index (κ1) is 17.5. The quantitative estimate of drug-likeness (QED) is 0.563. The number of unbranched alkanes of at least 4 members (excludes halogenated alkanes) is 1. The summed E-state index contributed by atoms with van der Waals surface area (Å²) in [6.45, 7) is 0.789. The number of nitrogens with one attached hydrogen (secondary N) is 1. The van der Waals surface area contributed by atoms with E-state index >= 15 is 0 Å². The zero-order valence-electron chi connectivity index (χ0n) is 12.9. The van der Waals surface area contributed by atoms with Crippen LogP contribution < -0.4 is 5.32 Å². The molecule has 5 nitrogen and oxygen atoms in total. The van der Waals surface area contributed by atoms with Gasteiger partial charge < -0.3 is 19.9 Å². The minimum atomic E-state index is -0.477. The molecule has 6 heteroatoms. The second-order valence-corrected chi connectivity index (χ2v) is 5.95. The first-order chi connectivity index (χ1) is 11.2. The first-order valence-corrected chi connectivity index (χ1v) is 8.53. The summed E-state index contributed by atoms with van der Waals surface area (Å²) in [5, 5.41) is 15.5. The Balaban J connectivity index is 2.03. The van der Waals surface area contributed by atoms with Gasteiger partial charge in [0.25, 0.3) is 5.91 Å². The summed E-state index contributed by atoms with van der Waals surface area (Å²) in [6.07, 6.45) is 8.60. The first-order valence-electron chi connectivity index (χ1n) is 7.59. The lowest BCUT2D eigenvalue weighted by Crippen LogP contribution is -2.33. The van der Waals surface area contributed by atoms with Crippen LogP contribution in [-0.2, 0) is 14.3 Å². The average Bonchev–Trinajstić information content (AvgIpc) is 3.11. The fourth-order valence-electron chi connectivity index (χ4n) is 2.28. The van der Waals surface area contributed by atoms with Crippen LogP contribution in [0.25, 0.3) is 0 Å². The standard InChI is InChI=1S/C17H21NO4S/c1-2-6-18-17(20)15-10-14(13-5-9-23-12-13)11-16(22-15)21-8-4-3-7-19/h1,5,9-10,12,14,16,19H,3-4,6-8,11H2,(H,18,20)/t14-,16+/m0/s1. The molecule has 2 rings (SSSR count). The molecule has 2 N–H and O–H groups in total. The molecule has 1 aliphatic heterocycles. The third kappa shape index (κ3) is 5.39. The summed E-state index contributed by atoms with van der Waals surface area (Å²) < 4.78 is 11.4.